The van der Waals surface area contributed by atoms with Crippen LogP contribution in [-0.2, 0) is 9.53 Å². The number of nitrogens with zero attached hydrogens (tertiary/aromatic N) is 1. The number of carbonyl (C=O) groups is 2. The molecule has 1 atom stereocenters. The lowest BCUT2D eigenvalue weighted by atomic mass is 9.98. The smallest absolute Gasteiger partial charge is 0.411 e. The van der Waals surface area contributed by atoms with Crippen molar-refractivity contribution < 1.29 is 19.4 Å². The van der Waals surface area contributed by atoms with Crippen molar-refractivity contribution >= 4 is 39.6 Å². The van der Waals surface area contributed by atoms with E-state index in [2.05, 4.69) is 28.1 Å². The van der Waals surface area contributed by atoms with Crippen molar-refractivity contribution in [3.05, 3.63) is 92.9 Å². The van der Waals surface area contributed by atoms with Crippen LogP contribution < -0.4 is 0 Å². The lowest BCUT2D eigenvalue weighted by Gasteiger charge is -2.32. The van der Waals surface area contributed by atoms with E-state index >= 15 is 0 Å². The molecule has 1 amide bonds. The maximum atomic E-state index is 13.3. The number of carbonyl (C=O) groups excluding carboxylic acids is 1. The molecule has 0 spiro atoms. The molecule has 0 bridgehead atoms. The normalized spacial score (nSPS) is 13.4. The highest BCUT2D eigenvalue weighted by atomic mass is 79.9. The molecule has 1 N–H and O–H groups in total. The summed E-state index contributed by atoms with van der Waals surface area (Å²) >= 11 is 9.68. The van der Waals surface area contributed by atoms with Crippen molar-refractivity contribution in [3.8, 4) is 11.1 Å². The number of ether oxygens (including phenoxy) is 1. The highest BCUT2D eigenvalue weighted by Crippen LogP contribution is 2.44. The Morgan fingerprint density at radius 3 is 2.15 bits per heavy atom. The Kier molecular flexibility index (Phi) is 6.77. The number of carboxylic acid groups (broad SMARTS) is 1. The molecule has 0 heterocycles. The first-order valence-electron chi connectivity index (χ1n) is 10.6. The number of amides is 1. The summed E-state index contributed by atoms with van der Waals surface area (Å²) in [4.78, 5) is 26.8. The fraction of sp³-hybridized carbons (Fsp3) is 0.231. The van der Waals surface area contributed by atoms with E-state index in [0.717, 1.165) is 22.3 Å². The van der Waals surface area contributed by atoms with E-state index in [0.29, 0.717) is 10.0 Å². The van der Waals surface area contributed by atoms with Gasteiger partial charge >= 0.3 is 12.1 Å². The highest BCUT2D eigenvalue weighted by molar-refractivity contribution is 9.10. The zero-order valence-electron chi connectivity index (χ0n) is 18.2. The average Bonchev–Trinajstić information content (AvgIpc) is 3.11. The standard InChI is InChI=1S/C26H23BrClNO4/c1-15(2)29(24(25(30)31)21-13-16(27)11-12-23(21)28)26(32)33-14-22-19-9-5-3-7-17(19)18-8-4-6-10-20(18)22/h3-13,15,22,24H,14H2,1-2H3,(H,30,31). The number of hydrogen-bond acceptors (Lipinski definition) is 3. The fourth-order valence-corrected chi connectivity index (χ4v) is 5.01. The molecule has 1 aliphatic carbocycles. The molecule has 170 valence electrons. The van der Waals surface area contributed by atoms with Gasteiger partial charge in [0, 0.05) is 27.0 Å². The third-order valence-corrected chi connectivity index (χ3v) is 6.71. The van der Waals surface area contributed by atoms with Gasteiger partial charge in [0.25, 0.3) is 0 Å². The molecule has 0 fully saturated rings. The summed E-state index contributed by atoms with van der Waals surface area (Å²) in [7, 11) is 0. The lowest BCUT2D eigenvalue weighted by molar-refractivity contribution is -0.143. The molecule has 3 aromatic carbocycles. The van der Waals surface area contributed by atoms with Crippen LogP contribution in [0, 0.1) is 0 Å². The van der Waals surface area contributed by atoms with Crippen LogP contribution in [0.3, 0.4) is 0 Å². The lowest BCUT2D eigenvalue weighted by Crippen LogP contribution is -2.44. The maximum absolute atomic E-state index is 13.3. The van der Waals surface area contributed by atoms with Gasteiger partial charge in [0.05, 0.1) is 0 Å². The third kappa shape index (κ3) is 4.50. The van der Waals surface area contributed by atoms with Crippen LogP contribution in [0.4, 0.5) is 4.79 Å². The Morgan fingerprint density at radius 2 is 1.61 bits per heavy atom. The molecule has 0 aliphatic heterocycles. The van der Waals surface area contributed by atoms with Crippen LogP contribution in [0.5, 0.6) is 0 Å². The van der Waals surface area contributed by atoms with Gasteiger partial charge < -0.3 is 9.84 Å². The minimum Gasteiger partial charge on any atom is -0.479 e. The van der Waals surface area contributed by atoms with E-state index in [4.69, 9.17) is 16.3 Å². The van der Waals surface area contributed by atoms with Crippen LogP contribution in [0.25, 0.3) is 11.1 Å². The van der Waals surface area contributed by atoms with Gasteiger partial charge in [-0.3, -0.25) is 4.90 Å². The van der Waals surface area contributed by atoms with Gasteiger partial charge in [-0.15, -0.1) is 0 Å². The number of benzene rings is 3. The van der Waals surface area contributed by atoms with E-state index < -0.39 is 24.1 Å². The van der Waals surface area contributed by atoms with Crippen LogP contribution >= 0.6 is 27.5 Å². The fourth-order valence-electron chi connectivity index (χ4n) is 4.41. The summed E-state index contributed by atoms with van der Waals surface area (Å²) in [6.45, 7) is 3.61. The predicted molar refractivity (Wildman–Crippen MR) is 132 cm³/mol. The molecule has 0 saturated carbocycles. The Labute approximate surface area is 206 Å². The summed E-state index contributed by atoms with van der Waals surface area (Å²) < 4.78 is 6.43. The van der Waals surface area contributed by atoms with Crippen LogP contribution in [-0.4, -0.2) is 34.7 Å². The molecular weight excluding hydrogens is 506 g/mol. The Bertz CT molecular complexity index is 1170. The number of fused-ring (bicyclic) bond motifs is 3. The molecule has 0 saturated heterocycles. The van der Waals surface area contributed by atoms with Gasteiger partial charge in [0.15, 0.2) is 6.04 Å². The predicted octanol–water partition coefficient (Wildman–Crippen LogP) is 6.89. The molecule has 0 radical (unpaired) electrons. The molecule has 33 heavy (non-hydrogen) atoms. The zero-order valence-corrected chi connectivity index (χ0v) is 20.5. The molecular formula is C26H23BrClNO4. The quantitative estimate of drug-likeness (QED) is 0.378. The number of halogens is 2. The Balaban J connectivity index is 1.62. The first-order valence-corrected chi connectivity index (χ1v) is 11.8. The zero-order chi connectivity index (χ0) is 23.7. The van der Waals surface area contributed by atoms with E-state index in [1.165, 1.54) is 4.90 Å². The first kappa shape index (κ1) is 23.3. The van der Waals surface area contributed by atoms with Crippen molar-refractivity contribution in [1.82, 2.24) is 4.90 Å². The van der Waals surface area contributed by atoms with Crippen molar-refractivity contribution in [2.75, 3.05) is 6.61 Å². The largest absolute Gasteiger partial charge is 0.479 e. The highest BCUT2D eigenvalue weighted by Gasteiger charge is 2.37. The van der Waals surface area contributed by atoms with Gasteiger partial charge in [-0.1, -0.05) is 76.1 Å². The van der Waals surface area contributed by atoms with E-state index in [9.17, 15) is 14.7 Å². The van der Waals surface area contributed by atoms with Gasteiger partial charge in [-0.2, -0.15) is 0 Å². The van der Waals surface area contributed by atoms with Crippen LogP contribution in [0.15, 0.2) is 71.2 Å². The summed E-state index contributed by atoms with van der Waals surface area (Å²) in [6, 6.07) is 19.3. The topological polar surface area (TPSA) is 66.8 Å². The number of carboxylic acids is 1. The van der Waals surface area contributed by atoms with Gasteiger partial charge in [0.2, 0.25) is 0 Å². The van der Waals surface area contributed by atoms with E-state index in [1.54, 1.807) is 32.0 Å². The maximum Gasteiger partial charge on any atom is 0.411 e. The second-order valence-electron chi connectivity index (χ2n) is 8.21. The second-order valence-corrected chi connectivity index (χ2v) is 9.53. The SMILES string of the molecule is CC(C)N(C(=O)OCC1c2ccccc2-c2ccccc21)C(C(=O)O)c1cc(Br)ccc1Cl. The number of aliphatic carboxylic acids is 1. The first-order chi connectivity index (χ1) is 15.8. The van der Waals surface area contributed by atoms with E-state index in [1.807, 2.05) is 36.4 Å². The van der Waals surface area contributed by atoms with Crippen LogP contribution in [0.1, 0.15) is 42.5 Å². The van der Waals surface area contributed by atoms with Crippen molar-refractivity contribution in [2.45, 2.75) is 31.8 Å². The van der Waals surface area contributed by atoms with Gasteiger partial charge in [-0.05, 0) is 54.3 Å². The summed E-state index contributed by atoms with van der Waals surface area (Å²) in [6.07, 6.45) is -0.699. The van der Waals surface area contributed by atoms with Gasteiger partial charge in [0.1, 0.15) is 6.61 Å². The van der Waals surface area contributed by atoms with Crippen molar-refractivity contribution in [1.29, 1.82) is 0 Å². The second kappa shape index (κ2) is 9.57. The molecule has 3 aromatic rings. The minimum atomic E-state index is -1.29. The molecule has 4 rings (SSSR count). The number of hydrogen-bond donors (Lipinski definition) is 1. The molecule has 1 aliphatic rings. The average molecular weight is 529 g/mol. The van der Waals surface area contributed by atoms with Gasteiger partial charge in [-0.25, -0.2) is 9.59 Å². The van der Waals surface area contributed by atoms with Crippen molar-refractivity contribution in [3.63, 3.8) is 0 Å². The summed E-state index contributed by atoms with van der Waals surface area (Å²) in [5, 5.41) is 10.3. The third-order valence-electron chi connectivity index (χ3n) is 5.87. The number of rotatable bonds is 6. The molecule has 1 unspecified atom stereocenters. The summed E-state index contributed by atoms with van der Waals surface area (Å²) in [5.74, 6) is -1.30. The molecule has 5 nitrogen and oxygen atoms in total. The Hall–Kier alpha value is -2.83. The Morgan fingerprint density at radius 1 is 1.03 bits per heavy atom. The molecule has 0 aromatic heterocycles. The summed E-state index contributed by atoms with van der Waals surface area (Å²) in [5.41, 5.74) is 4.75. The monoisotopic (exact) mass is 527 g/mol. The molecule has 7 heteroatoms. The van der Waals surface area contributed by atoms with E-state index in [-0.39, 0.29) is 17.5 Å². The minimum absolute atomic E-state index is 0.106. The van der Waals surface area contributed by atoms with Crippen LogP contribution in [0.2, 0.25) is 5.02 Å². The van der Waals surface area contributed by atoms with Crippen molar-refractivity contribution in [2.24, 2.45) is 0 Å².